The molecule has 0 fully saturated rings. The van der Waals surface area contributed by atoms with Gasteiger partial charge in [-0.3, -0.25) is 0 Å². The van der Waals surface area contributed by atoms with Crippen LogP contribution in [0.3, 0.4) is 0 Å². The Morgan fingerprint density at radius 2 is 1.82 bits per heavy atom. The van der Waals surface area contributed by atoms with Gasteiger partial charge in [0.15, 0.2) is 0 Å². The summed E-state index contributed by atoms with van der Waals surface area (Å²) in [6, 6.07) is 15.1. The van der Waals surface area contributed by atoms with Crippen LogP contribution in [0.15, 0.2) is 48.5 Å². The molecule has 0 aliphatic heterocycles. The fourth-order valence-corrected chi connectivity index (χ4v) is 2.20. The van der Waals surface area contributed by atoms with Gasteiger partial charge < -0.3 is 15.6 Å². The van der Waals surface area contributed by atoms with Crippen LogP contribution in [0.25, 0.3) is 0 Å². The van der Waals surface area contributed by atoms with E-state index in [-0.39, 0.29) is 24.2 Å². The summed E-state index contributed by atoms with van der Waals surface area (Å²) in [5, 5.41) is 10.1. The van der Waals surface area contributed by atoms with Crippen LogP contribution in [-0.2, 0) is 6.61 Å². The number of aromatic hydroxyl groups is 1. The highest BCUT2D eigenvalue weighted by atomic mass is 35.5. The van der Waals surface area contributed by atoms with E-state index in [0.29, 0.717) is 18.3 Å². The fourth-order valence-electron chi connectivity index (χ4n) is 2.20. The third-order valence-electron chi connectivity index (χ3n) is 3.87. The molecule has 0 bridgehead atoms. The fraction of sp³-hybridized carbons (Fsp3) is 0.333. The number of phenols is 1. The van der Waals surface area contributed by atoms with E-state index < -0.39 is 0 Å². The van der Waals surface area contributed by atoms with Gasteiger partial charge in [-0.25, -0.2) is 0 Å². The second kappa shape index (κ2) is 8.66. The lowest BCUT2D eigenvalue weighted by atomic mass is 9.93. The first kappa shape index (κ1) is 18.3. The first-order valence-corrected chi connectivity index (χ1v) is 7.37. The summed E-state index contributed by atoms with van der Waals surface area (Å²) in [5.41, 5.74) is 8.03. The Morgan fingerprint density at radius 3 is 2.41 bits per heavy atom. The Balaban J connectivity index is 0.00000242. The van der Waals surface area contributed by atoms with E-state index in [1.165, 1.54) is 0 Å². The van der Waals surface area contributed by atoms with Crippen molar-refractivity contribution in [3.05, 3.63) is 59.7 Å². The zero-order valence-corrected chi connectivity index (χ0v) is 13.8. The molecule has 0 aromatic heterocycles. The zero-order chi connectivity index (χ0) is 15.2. The van der Waals surface area contributed by atoms with E-state index in [2.05, 4.69) is 13.8 Å². The monoisotopic (exact) mass is 321 g/mol. The Bertz CT molecular complexity index is 575. The Labute approximate surface area is 138 Å². The van der Waals surface area contributed by atoms with Gasteiger partial charge in [-0.1, -0.05) is 56.7 Å². The zero-order valence-electron chi connectivity index (χ0n) is 13.0. The number of halogens is 1. The summed E-state index contributed by atoms with van der Waals surface area (Å²) < 4.78 is 5.69. The number of nitrogens with two attached hydrogens (primary N) is 1. The molecule has 0 heterocycles. The van der Waals surface area contributed by atoms with Gasteiger partial charge in [0.1, 0.15) is 18.1 Å². The summed E-state index contributed by atoms with van der Waals surface area (Å²) in [4.78, 5) is 0. The van der Waals surface area contributed by atoms with E-state index in [9.17, 15) is 5.11 Å². The maximum Gasteiger partial charge on any atom is 0.124 e. The number of hydrogen-bond donors (Lipinski definition) is 2. The molecule has 3 nitrogen and oxygen atoms in total. The lowest BCUT2D eigenvalue weighted by Gasteiger charge is -2.20. The second-order valence-corrected chi connectivity index (χ2v) is 5.41. The highest BCUT2D eigenvalue weighted by Gasteiger charge is 2.17. The lowest BCUT2D eigenvalue weighted by Crippen LogP contribution is -2.18. The van der Waals surface area contributed by atoms with Crippen LogP contribution in [0.1, 0.15) is 37.4 Å². The van der Waals surface area contributed by atoms with E-state index in [0.717, 1.165) is 17.5 Å². The predicted molar refractivity (Wildman–Crippen MR) is 92.5 cm³/mol. The minimum absolute atomic E-state index is 0. The molecule has 0 saturated heterocycles. The van der Waals surface area contributed by atoms with Crippen molar-refractivity contribution >= 4 is 12.4 Å². The summed E-state index contributed by atoms with van der Waals surface area (Å²) in [6.07, 6.45) is 0.979. The van der Waals surface area contributed by atoms with E-state index in [1.807, 2.05) is 42.5 Å². The molecular weight excluding hydrogens is 298 g/mol. The van der Waals surface area contributed by atoms with Gasteiger partial charge in [0.2, 0.25) is 0 Å². The molecule has 2 atom stereocenters. The van der Waals surface area contributed by atoms with Gasteiger partial charge in [-0.05, 0) is 17.5 Å². The van der Waals surface area contributed by atoms with Gasteiger partial charge in [0.25, 0.3) is 0 Å². The molecule has 0 radical (unpaired) electrons. The molecule has 0 spiro atoms. The standard InChI is InChI=1S/C18H23NO2.ClH/c1-3-13(2)18(19)16-10-9-15(11-17(16)20)21-12-14-7-5-4-6-8-14;/h4-11,13,18,20H,3,12,19H2,1-2H3;1H/t13?,18-;/m0./s1. The number of hydrogen-bond acceptors (Lipinski definition) is 3. The van der Waals surface area contributed by atoms with Gasteiger partial charge in [-0.2, -0.15) is 0 Å². The number of benzene rings is 2. The normalized spacial score (nSPS) is 13.0. The Kier molecular flexibility index (Phi) is 7.22. The molecule has 4 heteroatoms. The van der Waals surface area contributed by atoms with Crippen molar-refractivity contribution in [3.63, 3.8) is 0 Å². The molecular formula is C18H24ClNO2. The molecule has 2 rings (SSSR count). The molecule has 3 N–H and O–H groups in total. The van der Waals surface area contributed by atoms with Crippen molar-refractivity contribution in [2.24, 2.45) is 11.7 Å². The van der Waals surface area contributed by atoms with Gasteiger partial charge >= 0.3 is 0 Å². The largest absolute Gasteiger partial charge is 0.507 e. The van der Waals surface area contributed by atoms with Crippen LogP contribution in [0, 0.1) is 5.92 Å². The quantitative estimate of drug-likeness (QED) is 0.827. The van der Waals surface area contributed by atoms with Crippen molar-refractivity contribution < 1.29 is 9.84 Å². The van der Waals surface area contributed by atoms with Crippen molar-refractivity contribution in [1.29, 1.82) is 0 Å². The lowest BCUT2D eigenvalue weighted by molar-refractivity contribution is 0.303. The molecule has 2 aromatic rings. The molecule has 0 amide bonds. The second-order valence-electron chi connectivity index (χ2n) is 5.41. The van der Waals surface area contributed by atoms with E-state index in [1.54, 1.807) is 6.07 Å². The van der Waals surface area contributed by atoms with Crippen LogP contribution < -0.4 is 10.5 Å². The molecule has 2 aromatic carbocycles. The SMILES string of the molecule is CCC(C)[C@H](N)c1ccc(OCc2ccccc2)cc1O.Cl. The maximum atomic E-state index is 10.1. The van der Waals surface area contributed by atoms with Crippen LogP contribution in [0.5, 0.6) is 11.5 Å². The van der Waals surface area contributed by atoms with Gasteiger partial charge in [0, 0.05) is 17.7 Å². The van der Waals surface area contributed by atoms with E-state index in [4.69, 9.17) is 10.5 Å². The van der Waals surface area contributed by atoms with Gasteiger partial charge in [-0.15, -0.1) is 12.4 Å². The average molecular weight is 322 g/mol. The van der Waals surface area contributed by atoms with Gasteiger partial charge in [0.05, 0.1) is 0 Å². The molecule has 0 saturated carbocycles. The topological polar surface area (TPSA) is 55.5 Å². The maximum absolute atomic E-state index is 10.1. The van der Waals surface area contributed by atoms with Crippen LogP contribution in [0.4, 0.5) is 0 Å². The molecule has 0 aliphatic carbocycles. The minimum atomic E-state index is -0.154. The first-order valence-electron chi connectivity index (χ1n) is 7.37. The van der Waals surface area contributed by atoms with Crippen molar-refractivity contribution in [1.82, 2.24) is 0 Å². The van der Waals surface area contributed by atoms with Crippen LogP contribution in [0.2, 0.25) is 0 Å². The molecule has 22 heavy (non-hydrogen) atoms. The molecule has 0 aliphatic rings. The van der Waals surface area contributed by atoms with Crippen molar-refractivity contribution in [2.75, 3.05) is 0 Å². The number of phenolic OH excluding ortho intramolecular Hbond substituents is 1. The van der Waals surface area contributed by atoms with Crippen molar-refractivity contribution in [3.8, 4) is 11.5 Å². The average Bonchev–Trinajstić information content (AvgIpc) is 2.52. The highest BCUT2D eigenvalue weighted by molar-refractivity contribution is 5.85. The van der Waals surface area contributed by atoms with E-state index >= 15 is 0 Å². The number of ether oxygens (including phenoxy) is 1. The summed E-state index contributed by atoms with van der Waals surface area (Å²) in [6.45, 7) is 4.67. The predicted octanol–water partition coefficient (Wildman–Crippen LogP) is 4.44. The third kappa shape index (κ3) is 4.65. The third-order valence-corrected chi connectivity index (χ3v) is 3.87. The molecule has 120 valence electrons. The first-order chi connectivity index (χ1) is 10.1. The minimum Gasteiger partial charge on any atom is -0.507 e. The Morgan fingerprint density at radius 1 is 1.14 bits per heavy atom. The van der Waals surface area contributed by atoms with Crippen molar-refractivity contribution in [2.45, 2.75) is 32.9 Å². The smallest absolute Gasteiger partial charge is 0.124 e. The highest BCUT2D eigenvalue weighted by Crippen LogP contribution is 2.32. The van der Waals surface area contributed by atoms with Crippen LogP contribution in [-0.4, -0.2) is 5.11 Å². The molecule has 1 unspecified atom stereocenters. The summed E-state index contributed by atoms with van der Waals surface area (Å²) in [7, 11) is 0. The summed E-state index contributed by atoms with van der Waals surface area (Å²) >= 11 is 0. The Hall–Kier alpha value is -1.71. The van der Waals surface area contributed by atoms with Crippen LogP contribution >= 0.6 is 12.4 Å². The summed E-state index contributed by atoms with van der Waals surface area (Å²) in [5.74, 6) is 1.18. The number of rotatable bonds is 6.